The van der Waals surface area contributed by atoms with E-state index < -0.39 is 11.9 Å². The van der Waals surface area contributed by atoms with Crippen LogP contribution in [0.3, 0.4) is 0 Å². The van der Waals surface area contributed by atoms with Crippen molar-refractivity contribution in [2.45, 2.75) is 46.6 Å². The van der Waals surface area contributed by atoms with Crippen LogP contribution in [0.4, 0.5) is 5.69 Å². The normalized spacial score (nSPS) is 11.6. The number of hydrogen-bond acceptors (Lipinski definition) is 4. The van der Waals surface area contributed by atoms with Crippen LogP contribution in [0.2, 0.25) is 0 Å². The zero-order chi connectivity index (χ0) is 22.3. The van der Waals surface area contributed by atoms with Crippen LogP contribution >= 0.6 is 0 Å². The van der Waals surface area contributed by atoms with Crippen molar-refractivity contribution in [3.05, 3.63) is 58.7 Å². The summed E-state index contributed by atoms with van der Waals surface area (Å²) in [7, 11) is 0. The molecule has 0 saturated carbocycles. The predicted molar refractivity (Wildman–Crippen MR) is 122 cm³/mol. The number of carbonyl (C=O) groups is 1. The molecule has 1 atom stereocenters. The minimum Gasteiger partial charge on any atom is -0.489 e. The van der Waals surface area contributed by atoms with Gasteiger partial charge in [-0.2, -0.15) is 0 Å². The second-order valence-electron chi connectivity index (χ2n) is 7.85. The van der Waals surface area contributed by atoms with Crippen molar-refractivity contribution in [3.8, 4) is 18.1 Å². The van der Waals surface area contributed by atoms with E-state index in [1.54, 1.807) is 6.92 Å². The first-order valence-corrected chi connectivity index (χ1v) is 10.1. The van der Waals surface area contributed by atoms with E-state index in [9.17, 15) is 4.79 Å². The molecule has 0 amide bonds. The van der Waals surface area contributed by atoms with Gasteiger partial charge in [-0.15, -0.1) is 6.42 Å². The highest BCUT2D eigenvalue weighted by molar-refractivity contribution is 6.02. The highest BCUT2D eigenvalue weighted by Gasteiger charge is 2.14. The van der Waals surface area contributed by atoms with Gasteiger partial charge in [0, 0.05) is 23.5 Å². The molecular weight excluding hydrogens is 376 g/mol. The molecule has 2 rings (SSSR count). The molecule has 0 bridgehead atoms. The van der Waals surface area contributed by atoms with Crippen molar-refractivity contribution in [1.82, 2.24) is 0 Å². The number of carboxylic acids is 1. The number of terminal acetylenes is 1. The first-order chi connectivity index (χ1) is 14.2. The first-order valence-electron chi connectivity index (χ1n) is 10.1. The molecule has 30 heavy (non-hydrogen) atoms. The summed E-state index contributed by atoms with van der Waals surface area (Å²) in [5.41, 5.74) is 5.32. The molecule has 0 saturated heterocycles. The molecule has 0 spiro atoms. The summed E-state index contributed by atoms with van der Waals surface area (Å²) < 4.78 is 5.95. The van der Waals surface area contributed by atoms with Crippen LogP contribution in [0.1, 0.15) is 55.4 Å². The second-order valence-corrected chi connectivity index (χ2v) is 7.85. The van der Waals surface area contributed by atoms with E-state index in [1.807, 2.05) is 43.3 Å². The summed E-state index contributed by atoms with van der Waals surface area (Å²) in [6, 6.07) is 11.2. The van der Waals surface area contributed by atoms with Gasteiger partial charge in [0.05, 0.1) is 12.3 Å². The van der Waals surface area contributed by atoms with E-state index >= 15 is 0 Å². The zero-order valence-corrected chi connectivity index (χ0v) is 18.1. The molecule has 2 aromatic carbocycles. The standard InChI is InChI=1S/C25H30N2O3/c1-6-19(13-24(28)29)20-7-10-22(11-8-20)30-15-21-9-12-23(18(5)26)25(17(21)4)27-14-16(2)3/h1,7-12,16,19,26-27H,13-15H2,2-5H3,(H,28,29)/t19-/m0/s1. The average Bonchev–Trinajstić information content (AvgIpc) is 2.70. The molecule has 0 radical (unpaired) electrons. The molecule has 0 aromatic heterocycles. The fourth-order valence-corrected chi connectivity index (χ4v) is 3.16. The summed E-state index contributed by atoms with van der Waals surface area (Å²) in [6.07, 6.45) is 5.37. The molecule has 0 fully saturated rings. The van der Waals surface area contributed by atoms with Gasteiger partial charge in [0.2, 0.25) is 0 Å². The Morgan fingerprint density at radius 1 is 1.23 bits per heavy atom. The Labute approximate surface area is 179 Å². The van der Waals surface area contributed by atoms with Crippen LogP contribution in [0.5, 0.6) is 5.75 Å². The monoisotopic (exact) mass is 406 g/mol. The lowest BCUT2D eigenvalue weighted by Crippen LogP contribution is -2.13. The Morgan fingerprint density at radius 3 is 2.43 bits per heavy atom. The van der Waals surface area contributed by atoms with Gasteiger partial charge in [0.15, 0.2) is 0 Å². The summed E-state index contributed by atoms with van der Waals surface area (Å²) >= 11 is 0. The fourth-order valence-electron chi connectivity index (χ4n) is 3.16. The number of nitrogens with one attached hydrogen (secondary N) is 2. The van der Waals surface area contributed by atoms with E-state index in [4.69, 9.17) is 21.7 Å². The predicted octanol–water partition coefficient (Wildman–Crippen LogP) is 5.22. The second kappa shape index (κ2) is 10.5. The fraction of sp³-hybridized carbons (Fsp3) is 0.360. The van der Waals surface area contributed by atoms with Crippen molar-refractivity contribution < 1.29 is 14.6 Å². The SMILES string of the molecule is C#C[C@@H](CC(=O)O)c1ccc(OCc2ccc(C(C)=N)c(NCC(C)C)c2C)cc1. The number of aliphatic carboxylic acids is 1. The number of ether oxygens (including phenoxy) is 1. The van der Waals surface area contributed by atoms with Crippen molar-refractivity contribution in [2.75, 3.05) is 11.9 Å². The average molecular weight is 407 g/mol. The summed E-state index contributed by atoms with van der Waals surface area (Å²) in [6.45, 7) is 9.36. The Morgan fingerprint density at radius 2 is 1.90 bits per heavy atom. The van der Waals surface area contributed by atoms with Gasteiger partial charge in [0.1, 0.15) is 12.4 Å². The van der Waals surface area contributed by atoms with Gasteiger partial charge < -0.3 is 20.6 Å². The van der Waals surface area contributed by atoms with Gasteiger partial charge in [-0.05, 0) is 48.6 Å². The van der Waals surface area contributed by atoms with Crippen molar-refractivity contribution in [1.29, 1.82) is 5.41 Å². The Balaban J connectivity index is 2.15. The number of anilines is 1. The maximum atomic E-state index is 10.9. The minimum absolute atomic E-state index is 0.0964. The van der Waals surface area contributed by atoms with Crippen molar-refractivity contribution in [3.63, 3.8) is 0 Å². The molecule has 0 heterocycles. The van der Waals surface area contributed by atoms with E-state index in [2.05, 4.69) is 25.1 Å². The van der Waals surface area contributed by atoms with Crippen LogP contribution in [0, 0.1) is 30.6 Å². The number of rotatable bonds is 10. The van der Waals surface area contributed by atoms with Crippen LogP contribution in [-0.4, -0.2) is 23.3 Å². The van der Waals surface area contributed by atoms with E-state index in [0.717, 1.165) is 34.5 Å². The van der Waals surface area contributed by atoms with Gasteiger partial charge >= 0.3 is 5.97 Å². The van der Waals surface area contributed by atoms with Crippen LogP contribution in [0.25, 0.3) is 0 Å². The van der Waals surface area contributed by atoms with Gasteiger partial charge in [0.25, 0.3) is 0 Å². The lowest BCUT2D eigenvalue weighted by Gasteiger charge is -2.19. The Hall–Kier alpha value is -3.26. The van der Waals surface area contributed by atoms with Crippen LogP contribution < -0.4 is 10.1 Å². The third-order valence-corrected chi connectivity index (χ3v) is 4.93. The summed E-state index contributed by atoms with van der Waals surface area (Å²) in [5, 5.41) is 20.5. The molecule has 0 unspecified atom stereocenters. The number of hydrogen-bond donors (Lipinski definition) is 3. The topological polar surface area (TPSA) is 82.4 Å². The Kier molecular flexibility index (Phi) is 8.06. The molecule has 0 aliphatic carbocycles. The summed E-state index contributed by atoms with van der Waals surface area (Å²) in [5.74, 6) is 2.34. The molecule has 5 nitrogen and oxygen atoms in total. The quantitative estimate of drug-likeness (QED) is 0.373. The molecular formula is C25H30N2O3. The molecule has 2 aromatic rings. The highest BCUT2D eigenvalue weighted by Crippen LogP contribution is 2.27. The number of benzene rings is 2. The first kappa shape index (κ1) is 23.0. The molecule has 0 aliphatic heterocycles. The third-order valence-electron chi connectivity index (χ3n) is 4.93. The van der Waals surface area contributed by atoms with E-state index in [0.29, 0.717) is 24.0 Å². The maximum Gasteiger partial charge on any atom is 0.304 e. The van der Waals surface area contributed by atoms with Crippen molar-refractivity contribution in [2.24, 2.45) is 5.92 Å². The van der Waals surface area contributed by atoms with Gasteiger partial charge in [-0.25, -0.2) is 0 Å². The highest BCUT2D eigenvalue weighted by atomic mass is 16.5. The van der Waals surface area contributed by atoms with E-state index in [-0.39, 0.29) is 6.42 Å². The zero-order valence-electron chi connectivity index (χ0n) is 18.1. The third kappa shape index (κ3) is 6.12. The molecule has 0 aliphatic rings. The van der Waals surface area contributed by atoms with Crippen LogP contribution in [0.15, 0.2) is 36.4 Å². The van der Waals surface area contributed by atoms with Crippen LogP contribution in [-0.2, 0) is 11.4 Å². The largest absolute Gasteiger partial charge is 0.489 e. The molecule has 5 heteroatoms. The van der Waals surface area contributed by atoms with Gasteiger partial charge in [-0.1, -0.05) is 44.0 Å². The molecule has 158 valence electrons. The van der Waals surface area contributed by atoms with Crippen molar-refractivity contribution >= 4 is 17.4 Å². The number of carboxylic acid groups (broad SMARTS) is 1. The maximum absolute atomic E-state index is 10.9. The lowest BCUT2D eigenvalue weighted by atomic mass is 9.96. The Bertz CT molecular complexity index is 940. The van der Waals surface area contributed by atoms with Gasteiger partial charge in [-0.3, -0.25) is 4.79 Å². The minimum atomic E-state index is -0.917. The smallest absolute Gasteiger partial charge is 0.304 e. The lowest BCUT2D eigenvalue weighted by molar-refractivity contribution is -0.137. The molecule has 3 N–H and O–H groups in total. The van der Waals surface area contributed by atoms with E-state index in [1.165, 1.54) is 0 Å². The summed E-state index contributed by atoms with van der Waals surface area (Å²) in [4.78, 5) is 10.9.